The van der Waals surface area contributed by atoms with Crippen molar-refractivity contribution in [2.45, 2.75) is 31.7 Å². The number of hydrogen-bond acceptors (Lipinski definition) is 4. The van der Waals surface area contributed by atoms with Crippen LogP contribution in [-0.2, 0) is 0 Å². The fraction of sp³-hybridized carbons (Fsp3) is 0.375. The monoisotopic (exact) mass is 295 g/mol. The lowest BCUT2D eigenvalue weighted by atomic mass is 9.99. The molecule has 112 valence electrons. The van der Waals surface area contributed by atoms with E-state index in [1.54, 1.807) is 4.90 Å². The van der Waals surface area contributed by atoms with Crippen LogP contribution in [0.25, 0.3) is 0 Å². The van der Waals surface area contributed by atoms with Crippen LogP contribution in [0.1, 0.15) is 41.6 Å². The first kappa shape index (κ1) is 13.2. The van der Waals surface area contributed by atoms with Crippen molar-refractivity contribution in [3.05, 3.63) is 47.7 Å². The van der Waals surface area contributed by atoms with Gasteiger partial charge in [0.1, 0.15) is 12.1 Å². The van der Waals surface area contributed by atoms with Crippen LogP contribution < -0.4 is 10.2 Å². The second-order valence-electron chi connectivity index (χ2n) is 5.87. The van der Waals surface area contributed by atoms with Crippen LogP contribution in [-0.4, -0.2) is 27.5 Å². The third kappa shape index (κ3) is 2.20. The highest BCUT2D eigenvalue weighted by molar-refractivity contribution is 5.94. The van der Waals surface area contributed by atoms with Gasteiger partial charge in [0.05, 0.1) is 6.04 Å². The van der Waals surface area contributed by atoms with Gasteiger partial charge in [0.25, 0.3) is 0 Å². The molecule has 1 unspecified atom stereocenters. The molecule has 0 radical (unpaired) electrons. The highest BCUT2D eigenvalue weighted by Crippen LogP contribution is 2.44. The smallest absolute Gasteiger partial charge is 0.323 e. The molecule has 2 amide bonds. The van der Waals surface area contributed by atoms with Crippen LogP contribution in [0.3, 0.4) is 0 Å². The number of pyridine rings is 1. The van der Waals surface area contributed by atoms with Crippen LogP contribution in [0.5, 0.6) is 0 Å². The van der Waals surface area contributed by atoms with E-state index in [0.717, 1.165) is 11.3 Å². The number of carbonyl (C=O) groups is 1. The summed E-state index contributed by atoms with van der Waals surface area (Å²) in [7, 11) is 0. The number of nitrogens with one attached hydrogen (secondary N) is 1. The van der Waals surface area contributed by atoms with Gasteiger partial charge in [0.2, 0.25) is 0 Å². The normalized spacial score (nSPS) is 21.0. The predicted octanol–water partition coefficient (Wildman–Crippen LogP) is 2.33. The Morgan fingerprint density at radius 3 is 2.91 bits per heavy atom. The summed E-state index contributed by atoms with van der Waals surface area (Å²) in [5.74, 6) is 1.25. The third-order valence-corrected chi connectivity index (χ3v) is 4.28. The number of nitrogens with zero attached hydrogens (tertiary/aromatic N) is 4. The number of rotatable bonds is 3. The van der Waals surface area contributed by atoms with Crippen LogP contribution in [0, 0.1) is 6.92 Å². The average molecular weight is 295 g/mol. The van der Waals surface area contributed by atoms with Crippen LogP contribution >= 0.6 is 0 Å². The summed E-state index contributed by atoms with van der Waals surface area (Å²) < 4.78 is 0. The quantitative estimate of drug-likeness (QED) is 0.943. The molecule has 2 aliphatic rings. The number of aromatic nitrogens is 3. The molecule has 2 aromatic rings. The Morgan fingerprint density at radius 2 is 2.14 bits per heavy atom. The van der Waals surface area contributed by atoms with Crippen molar-refractivity contribution in [2.24, 2.45) is 0 Å². The number of aryl methyl sites for hydroxylation is 1. The largest absolute Gasteiger partial charge is 0.335 e. The number of amides is 2. The van der Waals surface area contributed by atoms with Gasteiger partial charge in [-0.2, -0.15) is 0 Å². The average Bonchev–Trinajstić information content (AvgIpc) is 3.30. The van der Waals surface area contributed by atoms with Crippen LogP contribution in [0.15, 0.2) is 30.9 Å². The third-order valence-electron chi connectivity index (χ3n) is 4.28. The Balaban J connectivity index is 1.76. The van der Waals surface area contributed by atoms with E-state index < -0.39 is 0 Å². The van der Waals surface area contributed by atoms with Gasteiger partial charge in [-0.1, -0.05) is 0 Å². The fourth-order valence-corrected chi connectivity index (χ4v) is 3.05. The highest BCUT2D eigenvalue weighted by Gasteiger charge is 2.37. The summed E-state index contributed by atoms with van der Waals surface area (Å²) in [5, 5.41) is 2.92. The zero-order chi connectivity index (χ0) is 15.1. The van der Waals surface area contributed by atoms with Crippen molar-refractivity contribution < 1.29 is 4.79 Å². The summed E-state index contributed by atoms with van der Waals surface area (Å²) in [4.78, 5) is 26.7. The van der Waals surface area contributed by atoms with Gasteiger partial charge >= 0.3 is 6.03 Å². The molecule has 1 saturated carbocycles. The van der Waals surface area contributed by atoms with Crippen molar-refractivity contribution in [1.82, 2.24) is 20.3 Å². The topological polar surface area (TPSA) is 71.0 Å². The molecule has 0 spiro atoms. The summed E-state index contributed by atoms with van der Waals surface area (Å²) in [6.07, 6.45) is 7.66. The maximum Gasteiger partial charge on any atom is 0.323 e. The summed E-state index contributed by atoms with van der Waals surface area (Å²) in [6, 6.07) is 3.74. The second kappa shape index (κ2) is 5.05. The molecule has 1 aliphatic carbocycles. The Bertz CT molecular complexity index is 728. The van der Waals surface area contributed by atoms with E-state index in [1.165, 1.54) is 24.7 Å². The van der Waals surface area contributed by atoms with Crippen molar-refractivity contribution in [3.63, 3.8) is 0 Å². The minimum absolute atomic E-state index is 0.0638. The number of anilines is 1. The minimum Gasteiger partial charge on any atom is -0.335 e. The minimum atomic E-state index is -0.117. The van der Waals surface area contributed by atoms with Crippen LogP contribution in [0.2, 0.25) is 0 Å². The first-order chi connectivity index (χ1) is 10.7. The molecular weight excluding hydrogens is 278 g/mol. The molecule has 6 heteroatoms. The van der Waals surface area contributed by atoms with Gasteiger partial charge in [0.15, 0.2) is 0 Å². The van der Waals surface area contributed by atoms with E-state index in [9.17, 15) is 4.79 Å². The number of carbonyl (C=O) groups excluding carboxylic acids is 1. The van der Waals surface area contributed by atoms with Gasteiger partial charge in [-0.25, -0.2) is 14.8 Å². The SMILES string of the molecule is Cc1cc(N2C(=O)NCC2c2cnccc2C2CC2)ncn1. The van der Waals surface area contributed by atoms with E-state index >= 15 is 0 Å². The van der Waals surface area contributed by atoms with E-state index in [0.29, 0.717) is 18.3 Å². The number of urea groups is 1. The van der Waals surface area contributed by atoms with Crippen molar-refractivity contribution >= 4 is 11.8 Å². The molecule has 3 heterocycles. The van der Waals surface area contributed by atoms with Crippen LogP contribution in [0.4, 0.5) is 10.6 Å². The number of hydrogen-bond donors (Lipinski definition) is 1. The molecule has 6 nitrogen and oxygen atoms in total. The summed E-state index contributed by atoms with van der Waals surface area (Å²) in [5.41, 5.74) is 3.28. The molecule has 1 saturated heterocycles. The molecule has 1 aliphatic heterocycles. The fourth-order valence-electron chi connectivity index (χ4n) is 3.05. The second-order valence-corrected chi connectivity index (χ2v) is 5.87. The van der Waals surface area contributed by atoms with E-state index in [4.69, 9.17) is 0 Å². The van der Waals surface area contributed by atoms with Gasteiger partial charge in [0, 0.05) is 30.7 Å². The molecule has 0 aromatic carbocycles. The Kier molecular flexibility index (Phi) is 3.03. The molecular formula is C16H17N5O. The molecule has 2 aromatic heterocycles. The van der Waals surface area contributed by atoms with E-state index in [2.05, 4.69) is 26.3 Å². The molecule has 0 bridgehead atoms. The zero-order valence-corrected chi connectivity index (χ0v) is 12.4. The van der Waals surface area contributed by atoms with E-state index in [-0.39, 0.29) is 12.1 Å². The molecule has 22 heavy (non-hydrogen) atoms. The van der Waals surface area contributed by atoms with E-state index in [1.807, 2.05) is 25.4 Å². The Morgan fingerprint density at radius 1 is 1.27 bits per heavy atom. The lowest BCUT2D eigenvalue weighted by molar-refractivity contribution is 0.251. The van der Waals surface area contributed by atoms with Crippen molar-refractivity contribution in [3.8, 4) is 0 Å². The Labute approximate surface area is 128 Å². The lowest BCUT2D eigenvalue weighted by Gasteiger charge is -2.24. The molecule has 2 fully saturated rings. The summed E-state index contributed by atoms with van der Waals surface area (Å²) in [6.45, 7) is 2.47. The van der Waals surface area contributed by atoms with Crippen molar-refractivity contribution in [1.29, 1.82) is 0 Å². The summed E-state index contributed by atoms with van der Waals surface area (Å²) >= 11 is 0. The highest BCUT2D eigenvalue weighted by atomic mass is 16.2. The van der Waals surface area contributed by atoms with Gasteiger partial charge < -0.3 is 5.32 Å². The molecule has 4 rings (SSSR count). The van der Waals surface area contributed by atoms with Gasteiger partial charge in [-0.05, 0) is 42.9 Å². The van der Waals surface area contributed by atoms with Gasteiger partial charge in [-0.3, -0.25) is 9.88 Å². The molecule has 1 N–H and O–H groups in total. The predicted molar refractivity (Wildman–Crippen MR) is 81.6 cm³/mol. The maximum atomic E-state index is 12.3. The van der Waals surface area contributed by atoms with Gasteiger partial charge in [-0.15, -0.1) is 0 Å². The Hall–Kier alpha value is -2.50. The maximum absolute atomic E-state index is 12.3. The lowest BCUT2D eigenvalue weighted by Crippen LogP contribution is -2.31. The van der Waals surface area contributed by atoms with Crippen molar-refractivity contribution in [2.75, 3.05) is 11.4 Å². The first-order valence-corrected chi connectivity index (χ1v) is 7.53. The molecule has 1 atom stereocenters. The first-order valence-electron chi connectivity index (χ1n) is 7.53. The zero-order valence-electron chi connectivity index (χ0n) is 12.4. The standard InChI is InChI=1S/C16H17N5O/c1-10-6-15(20-9-19-10)21-14(8-18-16(21)22)13-7-17-5-4-12(13)11-2-3-11/h4-7,9,11,14H,2-3,8H2,1H3,(H,18,22).